The minimum Gasteiger partial charge on any atom is -0.299 e. The number of benzene rings is 5. The molecule has 5 aromatic rings. The molecular formula is C40H37ClO3S2. The van der Waals surface area contributed by atoms with Crippen LogP contribution in [0.3, 0.4) is 0 Å². The standard InChI is InChI=1S/C40H37ClO3S2/c1-25-10-14-28(15-11-25)34-22-36-35(24-39(34)45-30-18-16-29(41)17-19-30)38(42)23-37(33-9-5-7-27-6-3-4-8-32(27)33)40(36)46(43,44)31-20-12-26(2)13-21-31/h3-21,34-37,39-40H,22-24H2,1-2H3/t34?,35-,36+,37?,39?,40?/m1/s1. The second-order valence-corrected chi connectivity index (χ2v) is 16.9. The topological polar surface area (TPSA) is 51.2 Å². The number of sulfone groups is 1. The molecule has 6 heteroatoms. The highest BCUT2D eigenvalue weighted by Gasteiger charge is 2.54. The summed E-state index contributed by atoms with van der Waals surface area (Å²) in [4.78, 5) is 15.8. The molecule has 4 unspecified atom stereocenters. The fourth-order valence-electron chi connectivity index (χ4n) is 7.89. The van der Waals surface area contributed by atoms with Gasteiger partial charge in [-0.2, -0.15) is 0 Å². The number of halogens is 1. The number of aryl methyl sites for hydroxylation is 2. The molecule has 0 aromatic heterocycles. The highest BCUT2D eigenvalue weighted by atomic mass is 35.5. The van der Waals surface area contributed by atoms with Crippen molar-refractivity contribution >= 4 is 49.8 Å². The zero-order valence-electron chi connectivity index (χ0n) is 26.0. The Morgan fingerprint density at radius 3 is 2.07 bits per heavy atom. The second kappa shape index (κ2) is 12.7. The molecule has 2 fully saturated rings. The van der Waals surface area contributed by atoms with E-state index in [1.54, 1.807) is 23.9 Å². The van der Waals surface area contributed by atoms with Crippen molar-refractivity contribution in [2.24, 2.45) is 11.8 Å². The van der Waals surface area contributed by atoms with Crippen LogP contribution in [0.25, 0.3) is 10.8 Å². The zero-order valence-corrected chi connectivity index (χ0v) is 28.4. The van der Waals surface area contributed by atoms with Crippen molar-refractivity contribution in [3.8, 4) is 0 Å². The van der Waals surface area contributed by atoms with E-state index in [2.05, 4.69) is 49.4 Å². The lowest BCUT2D eigenvalue weighted by Gasteiger charge is -2.49. The number of carbonyl (C=O) groups excluding carboxylic acids is 1. The Bertz CT molecular complexity index is 1980. The van der Waals surface area contributed by atoms with Crippen molar-refractivity contribution in [2.75, 3.05) is 0 Å². The quantitative estimate of drug-likeness (QED) is 0.181. The molecule has 2 saturated carbocycles. The average molecular weight is 665 g/mol. The van der Waals surface area contributed by atoms with E-state index in [1.807, 2.05) is 67.6 Å². The number of rotatable bonds is 6. The van der Waals surface area contributed by atoms with Crippen molar-refractivity contribution in [3.63, 3.8) is 0 Å². The summed E-state index contributed by atoms with van der Waals surface area (Å²) in [6.45, 7) is 4.05. The first kappa shape index (κ1) is 31.2. The summed E-state index contributed by atoms with van der Waals surface area (Å²) in [6.07, 6.45) is 1.48. The molecule has 2 aliphatic carbocycles. The van der Waals surface area contributed by atoms with Crippen molar-refractivity contribution < 1.29 is 13.2 Å². The Morgan fingerprint density at radius 2 is 1.35 bits per heavy atom. The third-order valence-electron chi connectivity index (χ3n) is 10.2. The molecule has 6 atom stereocenters. The summed E-state index contributed by atoms with van der Waals surface area (Å²) < 4.78 is 29.9. The first-order valence-corrected chi connectivity index (χ1v) is 18.8. The third-order valence-corrected chi connectivity index (χ3v) is 14.1. The molecule has 46 heavy (non-hydrogen) atoms. The van der Waals surface area contributed by atoms with Crippen LogP contribution >= 0.6 is 23.4 Å². The first-order chi connectivity index (χ1) is 22.2. The summed E-state index contributed by atoms with van der Waals surface area (Å²) in [5.41, 5.74) is 4.35. The SMILES string of the molecule is Cc1ccc(C2C[C@@H]3C(S(=O)(=O)c4ccc(C)cc4)C(c4cccc5ccccc45)CC(=O)[C@@H]3CC2Sc2ccc(Cl)cc2)cc1. The largest absolute Gasteiger partial charge is 0.299 e. The Hall–Kier alpha value is -3.38. The van der Waals surface area contributed by atoms with E-state index < -0.39 is 21.0 Å². The van der Waals surface area contributed by atoms with Gasteiger partial charge in [-0.25, -0.2) is 8.42 Å². The van der Waals surface area contributed by atoms with Gasteiger partial charge in [-0.05, 0) is 96.8 Å². The summed E-state index contributed by atoms with van der Waals surface area (Å²) in [5.74, 6) is -0.821. The molecule has 0 N–H and O–H groups in total. The van der Waals surface area contributed by atoms with Crippen LogP contribution in [0.2, 0.25) is 5.02 Å². The van der Waals surface area contributed by atoms with Gasteiger partial charge < -0.3 is 0 Å². The predicted octanol–water partition coefficient (Wildman–Crippen LogP) is 9.98. The Balaban J connectivity index is 1.37. The molecule has 0 heterocycles. The fourth-order valence-corrected chi connectivity index (χ4v) is 11.7. The Morgan fingerprint density at radius 1 is 0.696 bits per heavy atom. The molecule has 7 rings (SSSR count). The highest BCUT2D eigenvalue weighted by Crippen LogP contribution is 2.55. The molecule has 0 saturated heterocycles. The third kappa shape index (κ3) is 5.94. The molecule has 0 spiro atoms. The van der Waals surface area contributed by atoms with Crippen molar-refractivity contribution in [1.29, 1.82) is 0 Å². The summed E-state index contributed by atoms with van der Waals surface area (Å²) in [5, 5.41) is 2.16. The van der Waals surface area contributed by atoms with Crippen molar-refractivity contribution in [2.45, 2.75) is 65.2 Å². The monoisotopic (exact) mass is 664 g/mol. The lowest BCUT2D eigenvalue weighted by molar-refractivity contribution is -0.128. The number of carbonyl (C=O) groups is 1. The number of Topliss-reactive ketones (excluding diaryl/α,β-unsaturated/α-hetero) is 1. The van der Waals surface area contributed by atoms with Gasteiger partial charge in [0, 0.05) is 33.4 Å². The molecule has 0 radical (unpaired) electrons. The number of fused-ring (bicyclic) bond motifs is 2. The lowest BCUT2D eigenvalue weighted by Crippen LogP contribution is -2.51. The maximum Gasteiger partial charge on any atom is 0.182 e. The van der Waals surface area contributed by atoms with E-state index >= 15 is 0 Å². The van der Waals surface area contributed by atoms with Gasteiger partial charge in [0.1, 0.15) is 5.78 Å². The summed E-state index contributed by atoms with van der Waals surface area (Å²) in [7, 11) is -3.81. The Labute approximate surface area is 281 Å². The van der Waals surface area contributed by atoms with Crippen LogP contribution in [-0.2, 0) is 14.6 Å². The van der Waals surface area contributed by atoms with Crippen LogP contribution in [-0.4, -0.2) is 24.7 Å². The van der Waals surface area contributed by atoms with Crippen LogP contribution in [0.4, 0.5) is 0 Å². The summed E-state index contributed by atoms with van der Waals surface area (Å²) in [6, 6.07) is 38.0. The van der Waals surface area contributed by atoms with E-state index in [9.17, 15) is 13.2 Å². The van der Waals surface area contributed by atoms with Crippen molar-refractivity contribution in [3.05, 3.63) is 143 Å². The van der Waals surface area contributed by atoms with E-state index in [0.29, 0.717) is 22.8 Å². The first-order valence-electron chi connectivity index (χ1n) is 16.0. The van der Waals surface area contributed by atoms with Gasteiger partial charge in [-0.15, -0.1) is 11.8 Å². The Kier molecular flexibility index (Phi) is 8.60. The molecule has 0 amide bonds. The van der Waals surface area contributed by atoms with E-state index in [1.165, 1.54) is 11.1 Å². The number of ketones is 1. The van der Waals surface area contributed by atoms with Gasteiger partial charge in [-0.1, -0.05) is 102 Å². The molecule has 0 bridgehead atoms. The van der Waals surface area contributed by atoms with Crippen LogP contribution in [0.1, 0.15) is 53.4 Å². The van der Waals surface area contributed by atoms with Gasteiger partial charge in [0.15, 0.2) is 9.84 Å². The van der Waals surface area contributed by atoms with E-state index in [4.69, 9.17) is 11.6 Å². The molecule has 3 nitrogen and oxygen atoms in total. The number of hydrogen-bond donors (Lipinski definition) is 0. The minimum absolute atomic E-state index is 0.0808. The van der Waals surface area contributed by atoms with Gasteiger partial charge in [0.25, 0.3) is 0 Å². The van der Waals surface area contributed by atoms with Crippen LogP contribution in [0, 0.1) is 25.7 Å². The number of thioether (sulfide) groups is 1. The predicted molar refractivity (Wildman–Crippen MR) is 190 cm³/mol. The molecule has 0 aliphatic heterocycles. The maximum atomic E-state index is 14.9. The lowest BCUT2D eigenvalue weighted by atomic mass is 9.61. The smallest absolute Gasteiger partial charge is 0.182 e. The van der Waals surface area contributed by atoms with Gasteiger partial charge in [0.05, 0.1) is 10.1 Å². The van der Waals surface area contributed by atoms with Gasteiger partial charge in [-0.3, -0.25) is 4.79 Å². The molecular weight excluding hydrogens is 628 g/mol. The van der Waals surface area contributed by atoms with Gasteiger partial charge in [0.2, 0.25) is 0 Å². The molecule has 2 aliphatic rings. The van der Waals surface area contributed by atoms with Gasteiger partial charge >= 0.3 is 0 Å². The second-order valence-electron chi connectivity index (χ2n) is 13.0. The molecule has 5 aromatic carbocycles. The normalized spacial score (nSPS) is 24.9. The minimum atomic E-state index is -3.81. The fraction of sp³-hybridized carbons (Fsp3) is 0.275. The van der Waals surface area contributed by atoms with Crippen LogP contribution in [0.5, 0.6) is 0 Å². The highest BCUT2D eigenvalue weighted by molar-refractivity contribution is 8.00. The zero-order chi connectivity index (χ0) is 32.0. The average Bonchev–Trinajstić information content (AvgIpc) is 3.06. The van der Waals surface area contributed by atoms with E-state index in [-0.39, 0.29) is 35.2 Å². The van der Waals surface area contributed by atoms with Crippen molar-refractivity contribution in [1.82, 2.24) is 0 Å². The van der Waals surface area contributed by atoms with Crippen LogP contribution in [0.15, 0.2) is 125 Å². The number of hydrogen-bond acceptors (Lipinski definition) is 4. The summed E-state index contributed by atoms with van der Waals surface area (Å²) >= 11 is 8.00. The maximum absolute atomic E-state index is 14.9. The van der Waals surface area contributed by atoms with E-state index in [0.717, 1.165) is 26.8 Å². The van der Waals surface area contributed by atoms with Crippen LogP contribution < -0.4 is 0 Å². The molecule has 234 valence electrons.